The zero-order valence-corrected chi connectivity index (χ0v) is 12.0. The van der Waals surface area contributed by atoms with E-state index in [-0.39, 0.29) is 12.4 Å². The van der Waals surface area contributed by atoms with Gasteiger partial charge in [-0.3, -0.25) is 4.90 Å². The number of rotatable bonds is 5. The van der Waals surface area contributed by atoms with Crippen molar-refractivity contribution in [1.82, 2.24) is 4.90 Å². The van der Waals surface area contributed by atoms with Crippen molar-refractivity contribution in [2.24, 2.45) is 16.8 Å². The van der Waals surface area contributed by atoms with Crippen molar-refractivity contribution < 1.29 is 14.7 Å². The lowest BCUT2D eigenvalue weighted by atomic mass is 9.95. The molecule has 1 heterocycles. The van der Waals surface area contributed by atoms with E-state index < -0.39 is 5.82 Å². The summed E-state index contributed by atoms with van der Waals surface area (Å²) in [5.74, 6) is 0.0198. The van der Waals surface area contributed by atoms with E-state index in [2.05, 4.69) is 10.1 Å². The van der Waals surface area contributed by atoms with Gasteiger partial charge in [0.25, 0.3) is 0 Å². The van der Waals surface area contributed by atoms with Crippen LogP contribution in [0.1, 0.15) is 30.4 Å². The molecule has 1 aliphatic rings. The highest BCUT2D eigenvalue weighted by Gasteiger charge is 2.19. The molecule has 0 spiro atoms. The summed E-state index contributed by atoms with van der Waals surface area (Å²) in [4.78, 5) is 2.26. The summed E-state index contributed by atoms with van der Waals surface area (Å²) in [5.41, 5.74) is 6.71. The predicted octanol–water partition coefficient (Wildman–Crippen LogP) is 1.51. The average molecular weight is 295 g/mol. The third-order valence-corrected chi connectivity index (χ3v) is 3.91. The number of oxime groups is 1. The molecule has 116 valence electrons. The van der Waals surface area contributed by atoms with Gasteiger partial charge in [-0.25, -0.2) is 4.39 Å². The number of nitrogens with zero attached hydrogens (tertiary/aromatic N) is 2. The summed E-state index contributed by atoms with van der Waals surface area (Å²) in [7, 11) is 0. The van der Waals surface area contributed by atoms with Gasteiger partial charge in [-0.1, -0.05) is 5.16 Å². The van der Waals surface area contributed by atoms with Crippen LogP contribution in [-0.2, 0) is 6.54 Å². The van der Waals surface area contributed by atoms with E-state index in [1.165, 1.54) is 12.1 Å². The third-order valence-electron chi connectivity index (χ3n) is 3.91. The molecule has 1 aromatic rings. The van der Waals surface area contributed by atoms with Gasteiger partial charge in [0.05, 0.1) is 0 Å². The van der Waals surface area contributed by atoms with Crippen LogP contribution in [0.4, 0.5) is 4.39 Å². The molecule has 0 aliphatic carbocycles. The van der Waals surface area contributed by atoms with E-state index in [4.69, 9.17) is 16.0 Å². The summed E-state index contributed by atoms with van der Waals surface area (Å²) >= 11 is 0. The number of piperidine rings is 1. The monoisotopic (exact) mass is 295 g/mol. The number of likely N-dealkylation sites (tertiary alicyclic amines) is 1. The Kier molecular flexibility index (Phi) is 5.52. The van der Waals surface area contributed by atoms with E-state index in [1.54, 1.807) is 6.07 Å². The van der Waals surface area contributed by atoms with Crippen molar-refractivity contribution in [2.75, 3.05) is 19.7 Å². The first-order valence-corrected chi connectivity index (χ1v) is 7.23. The van der Waals surface area contributed by atoms with Crippen LogP contribution in [-0.4, -0.2) is 40.7 Å². The van der Waals surface area contributed by atoms with Gasteiger partial charge in [0.15, 0.2) is 5.84 Å². The second-order valence-corrected chi connectivity index (χ2v) is 5.59. The second kappa shape index (κ2) is 7.38. The Bertz CT molecular complexity index is 506. The van der Waals surface area contributed by atoms with Crippen molar-refractivity contribution in [2.45, 2.75) is 25.8 Å². The fourth-order valence-electron chi connectivity index (χ4n) is 2.92. The van der Waals surface area contributed by atoms with Crippen molar-refractivity contribution in [3.63, 3.8) is 0 Å². The van der Waals surface area contributed by atoms with E-state index >= 15 is 0 Å². The maximum atomic E-state index is 13.6. The number of hydrogen-bond donors (Lipinski definition) is 3. The number of nitrogens with two attached hydrogens (primary N) is 1. The van der Waals surface area contributed by atoms with Crippen LogP contribution in [0, 0.1) is 11.7 Å². The molecule has 21 heavy (non-hydrogen) atoms. The Labute approximate surface area is 123 Å². The molecule has 1 unspecified atom stereocenters. The minimum atomic E-state index is -0.391. The van der Waals surface area contributed by atoms with Gasteiger partial charge >= 0.3 is 0 Å². The van der Waals surface area contributed by atoms with Gasteiger partial charge in [-0.15, -0.1) is 0 Å². The highest BCUT2D eigenvalue weighted by Crippen LogP contribution is 2.21. The Hall–Kier alpha value is -1.66. The summed E-state index contributed by atoms with van der Waals surface area (Å²) in [5, 5.41) is 20.6. The molecule has 1 atom stereocenters. The largest absolute Gasteiger partial charge is 0.409 e. The lowest BCUT2D eigenvalue weighted by Gasteiger charge is -2.32. The number of aliphatic hydroxyl groups excluding tert-OH is 1. The summed E-state index contributed by atoms with van der Waals surface area (Å²) in [6.45, 7) is 2.73. The highest BCUT2D eigenvalue weighted by atomic mass is 19.1. The SMILES string of the molecule is N/C(=N/O)c1cc(F)cc(CN2CCCC(CCO)C2)c1. The molecule has 0 radical (unpaired) electrons. The first-order valence-electron chi connectivity index (χ1n) is 7.23. The van der Waals surface area contributed by atoms with Gasteiger partial charge in [-0.2, -0.15) is 0 Å². The zero-order chi connectivity index (χ0) is 15.2. The zero-order valence-electron chi connectivity index (χ0n) is 12.0. The fraction of sp³-hybridized carbons (Fsp3) is 0.533. The third kappa shape index (κ3) is 4.41. The van der Waals surface area contributed by atoms with Crippen LogP contribution in [0.25, 0.3) is 0 Å². The second-order valence-electron chi connectivity index (χ2n) is 5.59. The van der Waals surface area contributed by atoms with Gasteiger partial charge in [0, 0.05) is 25.3 Å². The molecule has 1 saturated heterocycles. The first-order chi connectivity index (χ1) is 10.1. The number of hydrogen-bond acceptors (Lipinski definition) is 4. The van der Waals surface area contributed by atoms with Crippen LogP contribution < -0.4 is 5.73 Å². The van der Waals surface area contributed by atoms with Gasteiger partial charge in [0.2, 0.25) is 0 Å². The normalized spacial score (nSPS) is 20.7. The van der Waals surface area contributed by atoms with Crippen molar-refractivity contribution >= 4 is 5.84 Å². The summed E-state index contributed by atoms with van der Waals surface area (Å²) in [6.07, 6.45) is 3.04. The topological polar surface area (TPSA) is 82.1 Å². The highest BCUT2D eigenvalue weighted by molar-refractivity contribution is 5.97. The minimum absolute atomic E-state index is 0.0902. The van der Waals surface area contributed by atoms with Crippen LogP contribution >= 0.6 is 0 Å². The summed E-state index contributed by atoms with van der Waals surface area (Å²) < 4.78 is 13.6. The molecule has 0 saturated carbocycles. The predicted molar refractivity (Wildman–Crippen MR) is 78.6 cm³/mol. The van der Waals surface area contributed by atoms with Crippen LogP contribution in [0.15, 0.2) is 23.4 Å². The number of halogens is 1. The Morgan fingerprint density at radius 1 is 1.43 bits per heavy atom. The average Bonchev–Trinajstić information content (AvgIpc) is 2.46. The molecule has 2 rings (SSSR count). The first kappa shape index (κ1) is 15.7. The van der Waals surface area contributed by atoms with E-state index in [9.17, 15) is 4.39 Å². The van der Waals surface area contributed by atoms with Gasteiger partial charge < -0.3 is 16.0 Å². The van der Waals surface area contributed by atoms with Gasteiger partial charge in [-0.05, 0) is 55.5 Å². The van der Waals surface area contributed by atoms with E-state index in [1.807, 2.05) is 0 Å². The Balaban J connectivity index is 2.07. The Morgan fingerprint density at radius 2 is 2.24 bits per heavy atom. The molecular formula is C15H22FN3O2. The molecule has 4 N–H and O–H groups in total. The van der Waals surface area contributed by atoms with Crippen molar-refractivity contribution in [3.05, 3.63) is 35.1 Å². The quantitative estimate of drug-likeness (QED) is 0.333. The molecule has 5 nitrogen and oxygen atoms in total. The molecule has 0 bridgehead atoms. The van der Waals surface area contributed by atoms with Crippen LogP contribution in [0.2, 0.25) is 0 Å². The molecule has 1 aliphatic heterocycles. The smallest absolute Gasteiger partial charge is 0.170 e. The Morgan fingerprint density at radius 3 is 2.95 bits per heavy atom. The number of aliphatic hydroxyl groups is 1. The number of benzene rings is 1. The van der Waals surface area contributed by atoms with E-state index in [0.29, 0.717) is 18.0 Å². The molecular weight excluding hydrogens is 273 g/mol. The lowest BCUT2D eigenvalue weighted by molar-refractivity contribution is 0.142. The maximum absolute atomic E-state index is 13.6. The maximum Gasteiger partial charge on any atom is 0.170 e. The molecule has 6 heteroatoms. The van der Waals surface area contributed by atoms with Crippen LogP contribution in [0.5, 0.6) is 0 Å². The van der Waals surface area contributed by atoms with Crippen molar-refractivity contribution in [1.29, 1.82) is 0 Å². The molecule has 1 aromatic carbocycles. The number of amidine groups is 1. The standard InChI is InChI=1S/C15H22FN3O2/c16-14-7-12(6-13(8-14)15(17)18-21)10-19-4-1-2-11(9-19)3-5-20/h6-8,11,20-21H,1-5,9-10H2,(H2,17,18). The van der Waals surface area contributed by atoms with Crippen molar-refractivity contribution in [3.8, 4) is 0 Å². The lowest BCUT2D eigenvalue weighted by Crippen LogP contribution is -2.35. The molecule has 0 aromatic heterocycles. The molecule has 0 amide bonds. The molecule has 1 fully saturated rings. The van der Waals surface area contributed by atoms with Crippen LogP contribution in [0.3, 0.4) is 0 Å². The fourth-order valence-corrected chi connectivity index (χ4v) is 2.92. The van der Waals surface area contributed by atoms with E-state index in [0.717, 1.165) is 37.9 Å². The minimum Gasteiger partial charge on any atom is -0.409 e. The summed E-state index contributed by atoms with van der Waals surface area (Å²) in [6, 6.07) is 4.47. The van der Waals surface area contributed by atoms with Gasteiger partial charge in [0.1, 0.15) is 5.82 Å².